The molecule has 0 aromatic heterocycles. The van der Waals surface area contributed by atoms with Crippen molar-refractivity contribution < 1.29 is 9.90 Å². The standard InChI is InChI=1S/C12H17NO2S/c1-9-4-2-3-5-10(9)8-16-11(6-7-13)12(14)15/h2-5,11H,6-8,13H2,1H3,(H,14,15). The number of carbonyl (C=O) groups is 1. The van der Waals surface area contributed by atoms with Crippen LogP contribution in [0.25, 0.3) is 0 Å². The molecule has 0 saturated carbocycles. The molecule has 0 amide bonds. The van der Waals surface area contributed by atoms with Gasteiger partial charge in [0, 0.05) is 5.75 Å². The zero-order valence-electron chi connectivity index (χ0n) is 9.35. The second kappa shape index (κ2) is 6.55. The van der Waals surface area contributed by atoms with Crippen LogP contribution in [-0.2, 0) is 10.5 Å². The molecule has 3 N–H and O–H groups in total. The van der Waals surface area contributed by atoms with E-state index < -0.39 is 11.2 Å². The number of hydrogen-bond acceptors (Lipinski definition) is 3. The summed E-state index contributed by atoms with van der Waals surface area (Å²) in [6, 6.07) is 8.03. The van der Waals surface area contributed by atoms with E-state index in [0.29, 0.717) is 13.0 Å². The fraction of sp³-hybridized carbons (Fsp3) is 0.417. The zero-order chi connectivity index (χ0) is 12.0. The predicted molar refractivity (Wildman–Crippen MR) is 67.6 cm³/mol. The molecule has 88 valence electrons. The van der Waals surface area contributed by atoms with E-state index in [1.165, 1.54) is 22.9 Å². The molecule has 3 nitrogen and oxygen atoms in total. The van der Waals surface area contributed by atoms with Crippen LogP contribution in [0.2, 0.25) is 0 Å². The number of carboxylic acids is 1. The van der Waals surface area contributed by atoms with Gasteiger partial charge in [0.05, 0.1) is 0 Å². The average Bonchev–Trinajstić information content (AvgIpc) is 2.26. The zero-order valence-corrected chi connectivity index (χ0v) is 10.2. The first-order valence-corrected chi connectivity index (χ1v) is 6.29. The van der Waals surface area contributed by atoms with Crippen molar-refractivity contribution in [1.82, 2.24) is 0 Å². The van der Waals surface area contributed by atoms with Gasteiger partial charge in [-0.2, -0.15) is 0 Å². The summed E-state index contributed by atoms with van der Waals surface area (Å²) in [5.41, 5.74) is 7.78. The molecule has 1 rings (SSSR count). The van der Waals surface area contributed by atoms with Crippen molar-refractivity contribution in [2.24, 2.45) is 5.73 Å². The maximum atomic E-state index is 10.9. The van der Waals surface area contributed by atoms with Crippen LogP contribution in [0.4, 0.5) is 0 Å². The summed E-state index contributed by atoms with van der Waals surface area (Å²) in [5, 5.41) is 8.58. The molecule has 0 saturated heterocycles. The van der Waals surface area contributed by atoms with Gasteiger partial charge in [0.15, 0.2) is 0 Å². The Kier molecular flexibility index (Phi) is 5.35. The van der Waals surface area contributed by atoms with E-state index in [9.17, 15) is 4.79 Å². The normalized spacial score (nSPS) is 12.4. The van der Waals surface area contributed by atoms with Gasteiger partial charge in [-0.25, -0.2) is 0 Å². The SMILES string of the molecule is Cc1ccccc1CSC(CCN)C(=O)O. The Morgan fingerprint density at radius 1 is 1.50 bits per heavy atom. The molecule has 16 heavy (non-hydrogen) atoms. The molecule has 1 atom stereocenters. The molecular formula is C12H17NO2S. The minimum Gasteiger partial charge on any atom is -0.480 e. The van der Waals surface area contributed by atoms with Gasteiger partial charge in [0.2, 0.25) is 0 Å². The Morgan fingerprint density at radius 2 is 2.19 bits per heavy atom. The highest BCUT2D eigenvalue weighted by atomic mass is 32.2. The molecule has 0 radical (unpaired) electrons. The highest BCUT2D eigenvalue weighted by Crippen LogP contribution is 2.22. The Bertz CT molecular complexity index is 355. The first-order valence-electron chi connectivity index (χ1n) is 5.24. The van der Waals surface area contributed by atoms with Crippen molar-refractivity contribution >= 4 is 17.7 Å². The van der Waals surface area contributed by atoms with E-state index in [-0.39, 0.29) is 0 Å². The third-order valence-electron chi connectivity index (χ3n) is 2.41. The molecule has 0 aliphatic rings. The fourth-order valence-electron chi connectivity index (χ4n) is 1.39. The smallest absolute Gasteiger partial charge is 0.316 e. The number of rotatable bonds is 6. The maximum Gasteiger partial charge on any atom is 0.316 e. The number of hydrogen-bond donors (Lipinski definition) is 2. The highest BCUT2D eigenvalue weighted by Gasteiger charge is 2.16. The Hall–Kier alpha value is -1.00. The predicted octanol–water partition coefficient (Wildman–Crippen LogP) is 2.03. The third-order valence-corrected chi connectivity index (χ3v) is 3.72. The summed E-state index contributed by atoms with van der Waals surface area (Å²) in [7, 11) is 0. The Balaban J connectivity index is 2.55. The summed E-state index contributed by atoms with van der Waals surface area (Å²) in [5.74, 6) is -0.0482. The molecule has 0 heterocycles. The molecule has 0 aliphatic carbocycles. The van der Waals surface area contributed by atoms with Crippen molar-refractivity contribution in [2.45, 2.75) is 24.3 Å². The van der Waals surface area contributed by atoms with Crippen molar-refractivity contribution in [2.75, 3.05) is 6.54 Å². The van der Waals surface area contributed by atoms with E-state index in [2.05, 4.69) is 0 Å². The molecule has 1 aromatic carbocycles. The van der Waals surface area contributed by atoms with Crippen molar-refractivity contribution in [1.29, 1.82) is 0 Å². The van der Waals surface area contributed by atoms with E-state index in [1.54, 1.807) is 0 Å². The monoisotopic (exact) mass is 239 g/mol. The van der Waals surface area contributed by atoms with Crippen LogP contribution < -0.4 is 5.73 Å². The molecular weight excluding hydrogens is 222 g/mol. The van der Waals surface area contributed by atoms with E-state index >= 15 is 0 Å². The summed E-state index contributed by atoms with van der Waals surface area (Å²) in [6.07, 6.45) is 0.520. The van der Waals surface area contributed by atoms with Gasteiger partial charge in [-0.1, -0.05) is 24.3 Å². The van der Waals surface area contributed by atoms with Crippen molar-refractivity contribution in [3.05, 3.63) is 35.4 Å². The number of nitrogens with two attached hydrogens (primary N) is 1. The highest BCUT2D eigenvalue weighted by molar-refractivity contribution is 7.99. The van der Waals surface area contributed by atoms with Gasteiger partial charge in [0.25, 0.3) is 0 Å². The molecule has 0 fully saturated rings. The Morgan fingerprint density at radius 3 is 2.75 bits per heavy atom. The molecule has 4 heteroatoms. The van der Waals surface area contributed by atoms with Crippen LogP contribution >= 0.6 is 11.8 Å². The maximum absolute atomic E-state index is 10.9. The summed E-state index contributed by atoms with van der Waals surface area (Å²) in [6.45, 7) is 2.45. The number of aryl methyl sites for hydroxylation is 1. The van der Waals surface area contributed by atoms with E-state index in [0.717, 1.165) is 5.75 Å². The topological polar surface area (TPSA) is 63.3 Å². The summed E-state index contributed by atoms with van der Waals surface area (Å²) < 4.78 is 0. The van der Waals surface area contributed by atoms with Crippen molar-refractivity contribution in [3.8, 4) is 0 Å². The molecule has 0 bridgehead atoms. The lowest BCUT2D eigenvalue weighted by Gasteiger charge is -2.11. The number of carboxylic acid groups (broad SMARTS) is 1. The number of benzene rings is 1. The summed E-state index contributed by atoms with van der Waals surface area (Å²) >= 11 is 1.44. The van der Waals surface area contributed by atoms with Gasteiger partial charge in [0.1, 0.15) is 5.25 Å². The van der Waals surface area contributed by atoms with Crippen molar-refractivity contribution in [3.63, 3.8) is 0 Å². The second-order valence-electron chi connectivity index (χ2n) is 3.64. The van der Waals surface area contributed by atoms with Crippen LogP contribution in [-0.4, -0.2) is 22.9 Å². The van der Waals surface area contributed by atoms with Crippen LogP contribution in [0.15, 0.2) is 24.3 Å². The van der Waals surface area contributed by atoms with E-state index in [4.69, 9.17) is 10.8 Å². The molecule has 1 aromatic rings. The number of aliphatic carboxylic acids is 1. The lowest BCUT2D eigenvalue weighted by molar-refractivity contribution is -0.136. The summed E-state index contributed by atoms with van der Waals surface area (Å²) in [4.78, 5) is 10.9. The second-order valence-corrected chi connectivity index (χ2v) is 4.83. The Labute approximate surface area is 100 Å². The molecule has 0 spiro atoms. The number of thioether (sulfide) groups is 1. The lowest BCUT2D eigenvalue weighted by atomic mass is 10.1. The van der Waals surface area contributed by atoms with Crippen LogP contribution in [0, 0.1) is 6.92 Å². The fourth-order valence-corrected chi connectivity index (χ4v) is 2.54. The van der Waals surface area contributed by atoms with Gasteiger partial charge in [-0.3, -0.25) is 4.79 Å². The molecule has 0 aliphatic heterocycles. The molecule has 1 unspecified atom stereocenters. The van der Waals surface area contributed by atoms with Crippen LogP contribution in [0.1, 0.15) is 17.5 Å². The van der Waals surface area contributed by atoms with Gasteiger partial charge in [-0.05, 0) is 31.0 Å². The largest absolute Gasteiger partial charge is 0.480 e. The van der Waals surface area contributed by atoms with E-state index in [1.807, 2.05) is 31.2 Å². The van der Waals surface area contributed by atoms with Gasteiger partial charge >= 0.3 is 5.97 Å². The quantitative estimate of drug-likeness (QED) is 0.797. The first-order chi connectivity index (χ1) is 7.65. The van der Waals surface area contributed by atoms with Crippen LogP contribution in [0.5, 0.6) is 0 Å². The minimum atomic E-state index is -0.774. The van der Waals surface area contributed by atoms with Gasteiger partial charge in [-0.15, -0.1) is 11.8 Å². The minimum absolute atomic E-state index is 0.399. The lowest BCUT2D eigenvalue weighted by Crippen LogP contribution is -2.20. The average molecular weight is 239 g/mol. The van der Waals surface area contributed by atoms with Crippen LogP contribution in [0.3, 0.4) is 0 Å². The third kappa shape index (κ3) is 3.87. The van der Waals surface area contributed by atoms with Gasteiger partial charge < -0.3 is 10.8 Å². The first kappa shape index (κ1) is 13.1.